The van der Waals surface area contributed by atoms with Gasteiger partial charge in [0.15, 0.2) is 0 Å². The molecule has 1 aromatic carbocycles. The molecule has 1 aromatic rings. The van der Waals surface area contributed by atoms with Crippen molar-refractivity contribution in [3.8, 4) is 5.75 Å². The number of phenolic OH excluding ortho intramolecular Hbond substituents is 1. The molecule has 0 saturated heterocycles. The third-order valence-electron chi connectivity index (χ3n) is 5.03. The van der Waals surface area contributed by atoms with Crippen LogP contribution in [0.2, 0.25) is 0 Å². The number of aliphatic carboxylic acids is 1. The summed E-state index contributed by atoms with van der Waals surface area (Å²) in [6, 6.07) is 0.802. The Hall–Kier alpha value is -4.20. The average molecular weight is 509 g/mol. The lowest BCUT2D eigenvalue weighted by molar-refractivity contribution is -0.142. The van der Waals surface area contributed by atoms with Crippen LogP contribution in [-0.2, 0) is 35.2 Å². The van der Waals surface area contributed by atoms with Gasteiger partial charge in [-0.3, -0.25) is 24.0 Å². The van der Waals surface area contributed by atoms with Crippen LogP contribution in [0.25, 0.3) is 0 Å². The zero-order chi connectivity index (χ0) is 27.4. The van der Waals surface area contributed by atoms with Crippen molar-refractivity contribution in [2.75, 3.05) is 0 Å². The van der Waals surface area contributed by atoms with E-state index in [2.05, 4.69) is 16.0 Å². The second-order valence-corrected chi connectivity index (χ2v) is 8.19. The van der Waals surface area contributed by atoms with Gasteiger partial charge in [0, 0.05) is 19.3 Å². The van der Waals surface area contributed by atoms with E-state index in [1.54, 1.807) is 0 Å². The number of carbonyl (C=O) groups is 6. The van der Waals surface area contributed by atoms with E-state index < -0.39 is 59.7 Å². The van der Waals surface area contributed by atoms with E-state index in [0.29, 0.717) is 5.56 Å². The van der Waals surface area contributed by atoms with E-state index in [4.69, 9.17) is 17.2 Å². The Morgan fingerprint density at radius 2 is 1.22 bits per heavy atom. The highest BCUT2D eigenvalue weighted by molar-refractivity contribution is 5.94. The number of carboxylic acid groups (broad SMARTS) is 1. The SMILES string of the molecule is CC(N)C(=O)NC(Cc1ccc(O)cc1)C(=O)NC(CCC(N)=O)C(=O)NC(CCC(N)=O)C(=O)O. The first-order chi connectivity index (χ1) is 16.8. The molecule has 198 valence electrons. The maximum atomic E-state index is 13.1. The highest BCUT2D eigenvalue weighted by Crippen LogP contribution is 2.12. The summed E-state index contributed by atoms with van der Waals surface area (Å²) in [7, 11) is 0. The van der Waals surface area contributed by atoms with Gasteiger partial charge in [-0.15, -0.1) is 0 Å². The minimum Gasteiger partial charge on any atom is -0.508 e. The highest BCUT2D eigenvalue weighted by atomic mass is 16.4. The number of nitrogens with one attached hydrogen (secondary N) is 3. The highest BCUT2D eigenvalue weighted by Gasteiger charge is 2.30. The molecule has 0 radical (unpaired) electrons. The van der Waals surface area contributed by atoms with Crippen molar-refractivity contribution in [1.29, 1.82) is 0 Å². The monoisotopic (exact) mass is 508 g/mol. The van der Waals surface area contributed by atoms with Crippen LogP contribution in [0.4, 0.5) is 0 Å². The number of aromatic hydroxyl groups is 1. The Kier molecular flexibility index (Phi) is 11.8. The van der Waals surface area contributed by atoms with Gasteiger partial charge >= 0.3 is 5.97 Å². The molecule has 0 bridgehead atoms. The van der Waals surface area contributed by atoms with E-state index in [1.807, 2.05) is 0 Å². The summed E-state index contributed by atoms with van der Waals surface area (Å²) < 4.78 is 0. The Morgan fingerprint density at radius 3 is 1.69 bits per heavy atom. The maximum absolute atomic E-state index is 13.1. The molecule has 0 fully saturated rings. The Labute approximate surface area is 206 Å². The van der Waals surface area contributed by atoms with Crippen molar-refractivity contribution in [1.82, 2.24) is 16.0 Å². The van der Waals surface area contributed by atoms with Crippen molar-refractivity contribution in [3.05, 3.63) is 29.8 Å². The van der Waals surface area contributed by atoms with Crippen LogP contribution in [-0.4, -0.2) is 69.9 Å². The van der Waals surface area contributed by atoms with Crippen LogP contribution in [0.1, 0.15) is 38.2 Å². The zero-order valence-corrected chi connectivity index (χ0v) is 19.7. The number of nitrogens with two attached hydrogens (primary N) is 3. The molecule has 0 aromatic heterocycles. The molecule has 36 heavy (non-hydrogen) atoms. The normalized spacial score (nSPS) is 13.9. The number of hydrogen-bond acceptors (Lipinski definition) is 8. The Balaban J connectivity index is 3.10. The van der Waals surface area contributed by atoms with E-state index in [0.717, 1.165) is 0 Å². The largest absolute Gasteiger partial charge is 0.508 e. The fraction of sp³-hybridized carbons (Fsp3) is 0.455. The first kappa shape index (κ1) is 29.8. The second kappa shape index (κ2) is 14.3. The predicted molar refractivity (Wildman–Crippen MR) is 126 cm³/mol. The van der Waals surface area contributed by atoms with Gasteiger partial charge in [0.1, 0.15) is 23.9 Å². The van der Waals surface area contributed by atoms with Gasteiger partial charge in [0.05, 0.1) is 6.04 Å². The lowest BCUT2D eigenvalue weighted by atomic mass is 10.0. The van der Waals surface area contributed by atoms with Crippen LogP contribution in [0, 0.1) is 0 Å². The summed E-state index contributed by atoms with van der Waals surface area (Å²) >= 11 is 0. The van der Waals surface area contributed by atoms with Gasteiger partial charge in [-0.2, -0.15) is 0 Å². The van der Waals surface area contributed by atoms with E-state index in [-0.39, 0.29) is 37.9 Å². The fourth-order valence-corrected chi connectivity index (χ4v) is 3.02. The number of primary amides is 2. The molecule has 14 heteroatoms. The van der Waals surface area contributed by atoms with E-state index >= 15 is 0 Å². The number of carboxylic acids is 1. The van der Waals surface area contributed by atoms with Crippen LogP contribution in [0.15, 0.2) is 24.3 Å². The number of rotatable bonds is 15. The van der Waals surface area contributed by atoms with Crippen molar-refractivity contribution in [2.45, 2.75) is 63.2 Å². The van der Waals surface area contributed by atoms with E-state index in [9.17, 15) is 39.0 Å². The van der Waals surface area contributed by atoms with Crippen LogP contribution in [0.5, 0.6) is 5.75 Å². The number of benzene rings is 1. The molecule has 0 aliphatic carbocycles. The molecule has 0 aliphatic heterocycles. The standard InChI is InChI=1S/C22H32N6O8/c1-11(23)19(32)28-16(10-12-2-4-13(29)5-3-12)21(34)26-14(6-8-17(24)30)20(33)27-15(22(35)36)7-9-18(25)31/h2-5,11,14-16,29H,6-10,23H2,1H3,(H2,24,30)(H2,25,31)(H,26,34)(H,27,33)(H,28,32)(H,35,36). The Morgan fingerprint density at radius 1 is 0.778 bits per heavy atom. The smallest absolute Gasteiger partial charge is 0.326 e. The van der Waals surface area contributed by atoms with Gasteiger partial charge < -0.3 is 43.4 Å². The molecular weight excluding hydrogens is 476 g/mol. The molecule has 0 saturated carbocycles. The third kappa shape index (κ3) is 10.8. The van der Waals surface area contributed by atoms with Crippen LogP contribution in [0.3, 0.4) is 0 Å². The lowest BCUT2D eigenvalue weighted by Crippen LogP contribution is -2.57. The zero-order valence-electron chi connectivity index (χ0n) is 19.7. The summed E-state index contributed by atoms with van der Waals surface area (Å²) in [4.78, 5) is 71.8. The van der Waals surface area contributed by atoms with Gasteiger partial charge in [0.25, 0.3) is 0 Å². The molecule has 11 N–H and O–H groups in total. The minimum atomic E-state index is -1.48. The first-order valence-corrected chi connectivity index (χ1v) is 11.0. The summed E-state index contributed by atoms with van der Waals surface area (Å²) in [6.07, 6.45) is -1.21. The number of hydrogen-bond donors (Lipinski definition) is 8. The molecule has 0 spiro atoms. The predicted octanol–water partition coefficient (Wildman–Crippen LogP) is -2.65. The second-order valence-electron chi connectivity index (χ2n) is 8.19. The van der Waals surface area contributed by atoms with Crippen molar-refractivity contribution in [3.63, 3.8) is 0 Å². The molecule has 4 unspecified atom stereocenters. The molecule has 5 amide bonds. The summed E-state index contributed by atoms with van der Waals surface area (Å²) in [6.45, 7) is 1.41. The summed E-state index contributed by atoms with van der Waals surface area (Å²) in [5.41, 5.74) is 16.3. The minimum absolute atomic E-state index is 0.00752. The van der Waals surface area contributed by atoms with Gasteiger partial charge in [0.2, 0.25) is 29.5 Å². The number of amides is 5. The number of phenols is 1. The van der Waals surface area contributed by atoms with Crippen molar-refractivity contribution >= 4 is 35.5 Å². The molecule has 0 heterocycles. The molecule has 4 atom stereocenters. The van der Waals surface area contributed by atoms with Gasteiger partial charge in [-0.25, -0.2) is 4.79 Å². The van der Waals surface area contributed by atoms with Crippen molar-refractivity contribution < 1.29 is 39.0 Å². The molecule has 14 nitrogen and oxygen atoms in total. The fourth-order valence-electron chi connectivity index (χ4n) is 3.02. The van der Waals surface area contributed by atoms with Gasteiger partial charge in [-0.05, 0) is 37.5 Å². The van der Waals surface area contributed by atoms with Gasteiger partial charge in [-0.1, -0.05) is 12.1 Å². The first-order valence-electron chi connectivity index (χ1n) is 11.0. The summed E-state index contributed by atoms with van der Waals surface area (Å²) in [5, 5.41) is 25.9. The topological polar surface area (TPSA) is 257 Å². The average Bonchev–Trinajstić information content (AvgIpc) is 2.79. The Bertz CT molecular complexity index is 966. The molecular formula is C22H32N6O8. The van der Waals surface area contributed by atoms with Crippen molar-refractivity contribution in [2.24, 2.45) is 17.2 Å². The lowest BCUT2D eigenvalue weighted by Gasteiger charge is -2.25. The summed E-state index contributed by atoms with van der Waals surface area (Å²) in [5.74, 6) is -5.38. The quantitative estimate of drug-likeness (QED) is 0.123. The molecule has 1 rings (SSSR count). The number of carbonyl (C=O) groups excluding carboxylic acids is 5. The van der Waals surface area contributed by atoms with Crippen LogP contribution < -0.4 is 33.2 Å². The molecule has 0 aliphatic rings. The third-order valence-corrected chi connectivity index (χ3v) is 5.03. The van der Waals surface area contributed by atoms with Crippen LogP contribution >= 0.6 is 0 Å². The maximum Gasteiger partial charge on any atom is 0.326 e. The van der Waals surface area contributed by atoms with E-state index in [1.165, 1.54) is 31.2 Å².